The van der Waals surface area contributed by atoms with Crippen LogP contribution in [0.4, 0.5) is 0 Å². The fourth-order valence-corrected chi connectivity index (χ4v) is 12.1. The Hall–Kier alpha value is -3.37. The van der Waals surface area contributed by atoms with Gasteiger partial charge >= 0.3 is 0 Å². The second-order valence-corrected chi connectivity index (χ2v) is 19.3. The Morgan fingerprint density at radius 2 is 1.64 bits per heavy atom. The smallest absolute Gasteiger partial charge is 0.264 e. The number of methoxy groups -OCH3 is 1. The third-order valence-corrected chi connectivity index (χ3v) is 15.6. The molecule has 0 bridgehead atoms. The van der Waals surface area contributed by atoms with Crippen molar-refractivity contribution in [3.8, 4) is 17.0 Å². The van der Waals surface area contributed by atoms with Gasteiger partial charge in [-0.2, -0.15) is 0 Å². The van der Waals surface area contributed by atoms with Crippen molar-refractivity contribution in [2.75, 3.05) is 40.3 Å². The molecule has 4 heterocycles. The maximum Gasteiger partial charge on any atom is 0.264 e. The molecular formula is C40H50N4O5S. The highest BCUT2D eigenvalue weighted by Crippen LogP contribution is 2.68. The van der Waals surface area contributed by atoms with Gasteiger partial charge in [0.2, 0.25) is 15.9 Å². The predicted octanol–water partition coefficient (Wildman–Crippen LogP) is 6.26. The van der Waals surface area contributed by atoms with Gasteiger partial charge < -0.3 is 19.1 Å². The van der Waals surface area contributed by atoms with Gasteiger partial charge in [0.1, 0.15) is 5.75 Å². The maximum atomic E-state index is 15.2. The van der Waals surface area contributed by atoms with Gasteiger partial charge in [0.15, 0.2) is 0 Å². The molecule has 3 aromatic rings. The minimum Gasteiger partial charge on any atom is -0.497 e. The van der Waals surface area contributed by atoms with Gasteiger partial charge in [-0.1, -0.05) is 31.7 Å². The molecule has 2 amide bonds. The van der Waals surface area contributed by atoms with E-state index in [1.54, 1.807) is 27.0 Å². The Morgan fingerprint density at radius 1 is 0.920 bits per heavy atom. The predicted molar refractivity (Wildman–Crippen MR) is 194 cm³/mol. The SMILES string of the molecule is COc1ccc2c(c1)[C@@H]1C[C@]1(C(=O)N1CC34CCCC3(CN(C)C4)C1)Cn1c-2c(C2CCCCC2)c2ccc(C(=O)NS(=O)(=O)C(C)C)cc21. The number of likely N-dealkylation sites (tertiary alicyclic amines) is 2. The number of benzene rings is 2. The zero-order chi connectivity index (χ0) is 34.8. The standard InChI is InChI=1S/C40H50N4O5S/c1-25(2)50(47,48)41-36(45)27-11-13-30-33(17-27)44-24-40(37(46)43-22-38-15-8-16-39(38,23-43)21-42(3)20-38)19-32(40)31-18-28(49-4)12-14-29(31)35(44)34(30)26-9-6-5-7-10-26/h11-14,17-18,25-26,32H,5-10,15-16,19-24H2,1-4H3,(H,41,45)/t32-,38?,39?,40-/m0/s1. The summed E-state index contributed by atoms with van der Waals surface area (Å²) in [5, 5.41) is 0.373. The first-order valence-electron chi connectivity index (χ1n) is 18.8. The molecule has 6 aliphatic rings. The molecule has 2 saturated heterocycles. The summed E-state index contributed by atoms with van der Waals surface area (Å²) in [6, 6.07) is 12.1. The first-order chi connectivity index (χ1) is 23.9. The Kier molecular flexibility index (Phi) is 7.20. The van der Waals surface area contributed by atoms with Crippen LogP contribution in [0.2, 0.25) is 0 Å². The molecule has 0 radical (unpaired) electrons. The number of ether oxygens (including phenoxy) is 1. The Morgan fingerprint density at radius 3 is 2.32 bits per heavy atom. The summed E-state index contributed by atoms with van der Waals surface area (Å²) in [7, 11) is 0.140. The molecule has 5 fully saturated rings. The summed E-state index contributed by atoms with van der Waals surface area (Å²) >= 11 is 0. The number of carbonyl (C=O) groups is 2. The van der Waals surface area contributed by atoms with Crippen LogP contribution in [0.25, 0.3) is 22.2 Å². The van der Waals surface area contributed by atoms with Crippen LogP contribution in [0.5, 0.6) is 5.75 Å². The van der Waals surface area contributed by atoms with Gasteiger partial charge in [-0.25, -0.2) is 13.1 Å². The molecule has 3 saturated carbocycles. The van der Waals surface area contributed by atoms with E-state index in [9.17, 15) is 13.2 Å². The molecule has 9 rings (SSSR count). The van der Waals surface area contributed by atoms with Crippen LogP contribution in [-0.2, 0) is 21.4 Å². The minimum absolute atomic E-state index is 0.0786. The molecule has 0 spiro atoms. The summed E-state index contributed by atoms with van der Waals surface area (Å²) < 4.78 is 35.9. The number of rotatable bonds is 6. The normalized spacial score (nSPS) is 30.4. The van der Waals surface area contributed by atoms with E-state index >= 15 is 4.79 Å². The van der Waals surface area contributed by atoms with E-state index in [4.69, 9.17) is 4.74 Å². The molecular weight excluding hydrogens is 649 g/mol. The number of nitrogens with zero attached hydrogens (tertiary/aromatic N) is 3. The van der Waals surface area contributed by atoms with E-state index in [0.717, 1.165) is 73.4 Å². The molecule has 2 unspecified atom stereocenters. The average Bonchev–Trinajstić information content (AvgIpc) is 3.32. The highest BCUT2D eigenvalue weighted by molar-refractivity contribution is 7.90. The lowest BCUT2D eigenvalue weighted by Gasteiger charge is -2.30. The van der Waals surface area contributed by atoms with Crippen molar-refractivity contribution in [2.45, 2.75) is 95.3 Å². The van der Waals surface area contributed by atoms with Crippen molar-refractivity contribution in [1.29, 1.82) is 0 Å². The molecule has 3 aliphatic carbocycles. The van der Waals surface area contributed by atoms with Crippen LogP contribution in [0.1, 0.15) is 105 Å². The molecule has 2 aromatic carbocycles. The molecule has 9 nitrogen and oxygen atoms in total. The molecule has 1 aromatic heterocycles. The summed E-state index contributed by atoms with van der Waals surface area (Å²) in [4.78, 5) is 33.4. The lowest BCUT2D eigenvalue weighted by atomic mass is 9.71. The van der Waals surface area contributed by atoms with Gasteiger partial charge in [0.25, 0.3) is 5.91 Å². The molecule has 10 heteroatoms. The van der Waals surface area contributed by atoms with Crippen molar-refractivity contribution >= 4 is 32.7 Å². The van der Waals surface area contributed by atoms with Crippen LogP contribution in [0.3, 0.4) is 0 Å². The minimum atomic E-state index is -3.80. The third kappa shape index (κ3) is 4.55. The molecule has 4 atom stereocenters. The number of aromatic nitrogens is 1. The number of hydrogen-bond acceptors (Lipinski definition) is 6. The molecule has 50 heavy (non-hydrogen) atoms. The van der Waals surface area contributed by atoms with E-state index in [1.807, 2.05) is 18.2 Å². The Bertz CT molecular complexity index is 2030. The molecule has 266 valence electrons. The number of nitrogens with one attached hydrogen (secondary N) is 1. The average molecular weight is 699 g/mol. The van der Waals surface area contributed by atoms with Crippen LogP contribution in [0, 0.1) is 16.2 Å². The van der Waals surface area contributed by atoms with Crippen molar-refractivity contribution < 1.29 is 22.7 Å². The lowest BCUT2D eigenvalue weighted by molar-refractivity contribution is -0.137. The second kappa shape index (κ2) is 11.1. The molecule has 1 N–H and O–H groups in total. The van der Waals surface area contributed by atoms with Gasteiger partial charge in [0, 0.05) is 71.5 Å². The van der Waals surface area contributed by atoms with E-state index in [2.05, 4.69) is 38.3 Å². The number of carbonyl (C=O) groups excluding carboxylic acids is 2. The Labute approximate surface area is 295 Å². The third-order valence-electron chi connectivity index (χ3n) is 13.9. The lowest BCUT2D eigenvalue weighted by Crippen LogP contribution is -2.42. The summed E-state index contributed by atoms with van der Waals surface area (Å²) in [5.74, 6) is 0.904. The molecule has 3 aliphatic heterocycles. The second-order valence-electron chi connectivity index (χ2n) is 17.1. The van der Waals surface area contributed by atoms with Gasteiger partial charge in [-0.05, 0) is 100 Å². The van der Waals surface area contributed by atoms with Crippen LogP contribution < -0.4 is 9.46 Å². The van der Waals surface area contributed by atoms with Crippen LogP contribution >= 0.6 is 0 Å². The highest BCUT2D eigenvalue weighted by Gasteiger charge is 2.69. The van der Waals surface area contributed by atoms with Gasteiger partial charge in [0.05, 0.1) is 23.5 Å². The monoisotopic (exact) mass is 698 g/mol. The van der Waals surface area contributed by atoms with Crippen LogP contribution in [-0.4, -0.2) is 80.2 Å². The Balaban J connectivity index is 1.20. The first-order valence-corrected chi connectivity index (χ1v) is 20.3. The van der Waals surface area contributed by atoms with Crippen molar-refractivity contribution in [3.05, 3.63) is 53.1 Å². The van der Waals surface area contributed by atoms with E-state index in [-0.39, 0.29) is 22.7 Å². The quantitative estimate of drug-likeness (QED) is 0.326. The summed E-state index contributed by atoms with van der Waals surface area (Å²) in [6.07, 6.45) is 10.2. The van der Waals surface area contributed by atoms with Crippen molar-refractivity contribution in [2.24, 2.45) is 16.2 Å². The van der Waals surface area contributed by atoms with Crippen LogP contribution in [0.15, 0.2) is 36.4 Å². The van der Waals surface area contributed by atoms with Crippen molar-refractivity contribution in [3.63, 3.8) is 0 Å². The zero-order valence-corrected chi connectivity index (χ0v) is 30.7. The number of fused-ring (bicyclic) bond motifs is 7. The largest absolute Gasteiger partial charge is 0.497 e. The maximum absolute atomic E-state index is 15.2. The van der Waals surface area contributed by atoms with Gasteiger partial charge in [-0.15, -0.1) is 0 Å². The summed E-state index contributed by atoms with van der Waals surface area (Å²) in [5.41, 5.74) is 5.83. The number of amides is 2. The fourth-order valence-electron chi connectivity index (χ4n) is 11.4. The van der Waals surface area contributed by atoms with E-state index in [1.165, 1.54) is 49.7 Å². The first kappa shape index (κ1) is 32.5. The van der Waals surface area contributed by atoms with E-state index in [0.29, 0.717) is 18.0 Å². The van der Waals surface area contributed by atoms with Gasteiger partial charge in [-0.3, -0.25) is 9.59 Å². The fraction of sp³-hybridized carbons (Fsp3) is 0.600. The van der Waals surface area contributed by atoms with E-state index < -0.39 is 26.6 Å². The highest BCUT2D eigenvalue weighted by atomic mass is 32.2. The van der Waals surface area contributed by atoms with Crippen molar-refractivity contribution in [1.82, 2.24) is 19.1 Å². The summed E-state index contributed by atoms with van der Waals surface area (Å²) in [6.45, 7) is 7.50. The number of hydrogen-bond donors (Lipinski definition) is 1. The topological polar surface area (TPSA) is 101 Å². The zero-order valence-electron chi connectivity index (χ0n) is 29.9. The number of sulfonamides is 1.